The maximum absolute atomic E-state index is 2.43. The van der Waals surface area contributed by atoms with Gasteiger partial charge in [0.25, 0.3) is 0 Å². The maximum Gasteiger partial charge on any atom is 0.0542 e. The molecule has 12 aromatic carbocycles. The second-order valence-electron chi connectivity index (χ2n) is 17.8. The summed E-state index contributed by atoms with van der Waals surface area (Å²) in [4.78, 5) is 7.15. The van der Waals surface area contributed by atoms with Crippen LogP contribution in [0.2, 0.25) is 0 Å². The van der Waals surface area contributed by atoms with Crippen molar-refractivity contribution >= 4 is 105 Å². The van der Waals surface area contributed by atoms with Crippen LogP contribution >= 0.6 is 0 Å². The van der Waals surface area contributed by atoms with Crippen molar-refractivity contribution in [3.05, 3.63) is 279 Å². The normalized spacial score (nSPS) is 11.4. The zero-order chi connectivity index (χ0) is 46.4. The fraction of sp³-hybridized carbons (Fsp3) is 0. The summed E-state index contributed by atoms with van der Waals surface area (Å²) < 4.78 is 2.43. The first-order valence-corrected chi connectivity index (χ1v) is 23.9. The average molecular weight is 895 g/mol. The lowest BCUT2D eigenvalue weighted by atomic mass is 10.0. The highest BCUT2D eigenvalue weighted by Crippen LogP contribution is 2.46. The van der Waals surface area contributed by atoms with Gasteiger partial charge in [0.05, 0.1) is 22.4 Å². The van der Waals surface area contributed by atoms with E-state index in [4.69, 9.17) is 0 Å². The van der Waals surface area contributed by atoms with E-state index in [1.54, 1.807) is 0 Å². The third-order valence-electron chi connectivity index (χ3n) is 13.7. The Bertz CT molecular complexity index is 3820. The van der Waals surface area contributed by atoms with E-state index in [1.807, 2.05) is 0 Å². The van der Waals surface area contributed by atoms with Gasteiger partial charge in [0, 0.05) is 67.0 Å². The fourth-order valence-electron chi connectivity index (χ4n) is 10.5. The van der Waals surface area contributed by atoms with Crippen LogP contribution in [0, 0.1) is 0 Å². The number of fused-ring (bicyclic) bond motifs is 6. The molecule has 0 aliphatic carbocycles. The summed E-state index contributed by atoms with van der Waals surface area (Å²) in [6.07, 6.45) is 0. The van der Waals surface area contributed by atoms with E-state index in [2.05, 4.69) is 298 Å². The minimum Gasteiger partial charge on any atom is -0.310 e. The lowest BCUT2D eigenvalue weighted by Crippen LogP contribution is -2.10. The van der Waals surface area contributed by atoms with Gasteiger partial charge >= 0.3 is 0 Å². The summed E-state index contributed by atoms with van der Waals surface area (Å²) in [6, 6.07) is 101. The highest BCUT2D eigenvalue weighted by molar-refractivity contribution is 6.13. The van der Waals surface area contributed by atoms with Crippen LogP contribution in [-0.2, 0) is 0 Å². The number of benzene rings is 12. The Balaban J connectivity index is 1.03. The van der Waals surface area contributed by atoms with Gasteiger partial charge < -0.3 is 19.3 Å². The van der Waals surface area contributed by atoms with E-state index in [9.17, 15) is 0 Å². The molecule has 0 saturated heterocycles. The van der Waals surface area contributed by atoms with E-state index in [0.717, 1.165) is 78.7 Å². The van der Waals surface area contributed by atoms with Crippen molar-refractivity contribution in [1.82, 2.24) is 4.57 Å². The zero-order valence-electron chi connectivity index (χ0n) is 38.3. The molecule has 13 rings (SSSR count). The van der Waals surface area contributed by atoms with E-state index in [0.29, 0.717) is 0 Å². The Morgan fingerprint density at radius 3 is 1.10 bits per heavy atom. The minimum absolute atomic E-state index is 1.08. The third kappa shape index (κ3) is 7.18. The number of para-hydroxylation sites is 3. The van der Waals surface area contributed by atoms with Crippen molar-refractivity contribution < 1.29 is 0 Å². The van der Waals surface area contributed by atoms with Crippen LogP contribution in [0.5, 0.6) is 0 Å². The molecule has 4 heteroatoms. The molecule has 0 atom stereocenters. The number of hydrogen-bond acceptors (Lipinski definition) is 3. The van der Waals surface area contributed by atoms with Crippen LogP contribution in [0.25, 0.3) is 59.8 Å². The second-order valence-corrected chi connectivity index (χ2v) is 17.8. The lowest BCUT2D eigenvalue weighted by molar-refractivity contribution is 1.17. The van der Waals surface area contributed by atoms with Crippen LogP contribution < -0.4 is 14.7 Å². The number of aromatic nitrogens is 1. The van der Waals surface area contributed by atoms with Gasteiger partial charge in [-0.3, -0.25) is 0 Å². The highest BCUT2D eigenvalue weighted by Gasteiger charge is 2.22. The molecular weight excluding hydrogens is 849 g/mol. The summed E-state index contributed by atoms with van der Waals surface area (Å²) in [5.41, 5.74) is 13.2. The first-order chi connectivity index (χ1) is 34.7. The van der Waals surface area contributed by atoms with Gasteiger partial charge in [0.1, 0.15) is 0 Å². The molecule has 1 aromatic heterocycles. The van der Waals surface area contributed by atoms with Gasteiger partial charge in [0.2, 0.25) is 0 Å². The average Bonchev–Trinajstić information content (AvgIpc) is 3.75. The molecule has 1 heterocycles. The smallest absolute Gasteiger partial charge is 0.0542 e. The largest absolute Gasteiger partial charge is 0.310 e. The van der Waals surface area contributed by atoms with Gasteiger partial charge in [-0.15, -0.1) is 0 Å². The van der Waals surface area contributed by atoms with Crippen molar-refractivity contribution in [2.75, 3.05) is 14.7 Å². The van der Waals surface area contributed by atoms with Crippen LogP contribution in [0.15, 0.2) is 279 Å². The third-order valence-corrected chi connectivity index (χ3v) is 13.7. The lowest BCUT2D eigenvalue weighted by Gasteiger charge is -2.27. The van der Waals surface area contributed by atoms with Gasteiger partial charge in [0.15, 0.2) is 0 Å². The summed E-state index contributed by atoms with van der Waals surface area (Å²) in [7, 11) is 0. The molecule has 0 aliphatic rings. The number of rotatable bonds is 10. The van der Waals surface area contributed by atoms with E-state index < -0.39 is 0 Å². The predicted octanol–water partition coefficient (Wildman–Crippen LogP) is 18.7. The molecule has 0 N–H and O–H groups in total. The van der Waals surface area contributed by atoms with E-state index >= 15 is 0 Å². The first kappa shape index (κ1) is 40.9. The Labute approximate surface area is 407 Å². The van der Waals surface area contributed by atoms with Crippen LogP contribution in [-0.4, -0.2) is 4.57 Å². The van der Waals surface area contributed by atoms with Crippen molar-refractivity contribution in [3.63, 3.8) is 0 Å². The highest BCUT2D eigenvalue weighted by atomic mass is 15.2. The molecule has 13 aromatic rings. The fourth-order valence-corrected chi connectivity index (χ4v) is 10.5. The molecule has 0 unspecified atom stereocenters. The summed E-state index contributed by atoms with van der Waals surface area (Å²) in [5.74, 6) is 0. The Morgan fingerprint density at radius 1 is 0.214 bits per heavy atom. The van der Waals surface area contributed by atoms with Crippen LogP contribution in [0.1, 0.15) is 0 Å². The standard InChI is InChI=1S/C66H46N4/c1-4-24-51(25-5-1)67(56-35-34-47-18-10-11-21-50(47)44-56)54-36-38-55(39-37-54)70-65-42-40-57(68(52-26-6-2-7-27-52)63-32-16-22-48-19-12-14-30-59(48)63)45-61(65)62-46-58(41-43-66(62)70)69(53-28-8-3-9-29-53)64-33-17-23-49-20-13-15-31-60(49)64/h1-46H. The van der Waals surface area contributed by atoms with Crippen molar-refractivity contribution in [2.24, 2.45) is 0 Å². The Kier molecular flexibility index (Phi) is 10.1. The van der Waals surface area contributed by atoms with Crippen molar-refractivity contribution in [3.8, 4) is 5.69 Å². The Hall–Kier alpha value is -9.38. The first-order valence-electron chi connectivity index (χ1n) is 23.9. The molecule has 0 radical (unpaired) electrons. The maximum atomic E-state index is 2.43. The zero-order valence-corrected chi connectivity index (χ0v) is 38.3. The predicted molar refractivity (Wildman–Crippen MR) is 297 cm³/mol. The van der Waals surface area contributed by atoms with Crippen LogP contribution in [0.4, 0.5) is 51.2 Å². The molecule has 0 fully saturated rings. The molecule has 0 bridgehead atoms. The van der Waals surface area contributed by atoms with Gasteiger partial charge in [-0.05, 0) is 143 Å². The van der Waals surface area contributed by atoms with Gasteiger partial charge in [-0.2, -0.15) is 0 Å². The topological polar surface area (TPSA) is 14.7 Å². The number of nitrogens with zero attached hydrogens (tertiary/aromatic N) is 4. The van der Waals surface area contributed by atoms with Crippen molar-refractivity contribution in [2.45, 2.75) is 0 Å². The van der Waals surface area contributed by atoms with Crippen molar-refractivity contribution in [1.29, 1.82) is 0 Å². The van der Waals surface area contributed by atoms with E-state index in [1.165, 1.54) is 32.3 Å². The number of anilines is 9. The van der Waals surface area contributed by atoms with E-state index in [-0.39, 0.29) is 0 Å². The monoisotopic (exact) mass is 894 g/mol. The van der Waals surface area contributed by atoms with Crippen LogP contribution in [0.3, 0.4) is 0 Å². The molecule has 70 heavy (non-hydrogen) atoms. The summed E-state index contributed by atoms with van der Waals surface area (Å²) >= 11 is 0. The molecule has 0 amide bonds. The number of hydrogen-bond donors (Lipinski definition) is 0. The molecule has 0 spiro atoms. The summed E-state index contributed by atoms with van der Waals surface area (Å²) in [6.45, 7) is 0. The molecular formula is C66H46N4. The molecule has 0 saturated carbocycles. The molecule has 4 nitrogen and oxygen atoms in total. The SMILES string of the molecule is c1ccc(N(c2ccc(-n3c4ccc(N(c5ccccc5)c5cccc6ccccc56)cc4c4cc(N(c5ccccc5)c5cccc6ccccc56)ccc43)cc2)c2ccc3ccccc3c2)cc1. The second kappa shape index (κ2) is 17.4. The van der Waals surface area contributed by atoms with Gasteiger partial charge in [-0.1, -0.05) is 158 Å². The molecule has 330 valence electrons. The quantitative estimate of drug-likeness (QED) is 0.136. The summed E-state index contributed by atoms with van der Waals surface area (Å²) in [5, 5.41) is 9.54. The van der Waals surface area contributed by atoms with Gasteiger partial charge in [-0.25, -0.2) is 0 Å². The molecule has 0 aliphatic heterocycles. The minimum atomic E-state index is 1.08. The Morgan fingerprint density at radius 2 is 0.586 bits per heavy atom.